The van der Waals surface area contributed by atoms with E-state index in [0.717, 1.165) is 12.2 Å². The molecule has 3 rings (SSSR count). The zero-order valence-electron chi connectivity index (χ0n) is 15.4. The number of hydrogen-bond acceptors (Lipinski definition) is 6. The molecule has 7 heteroatoms. The van der Waals surface area contributed by atoms with E-state index in [4.69, 9.17) is 14.2 Å². The van der Waals surface area contributed by atoms with Gasteiger partial charge in [-0.15, -0.1) is 0 Å². The zero-order valence-corrected chi connectivity index (χ0v) is 16.2. The van der Waals surface area contributed by atoms with E-state index in [-0.39, 0.29) is 12.5 Å². The highest BCUT2D eigenvalue weighted by Gasteiger charge is 2.24. The molecule has 1 heterocycles. The van der Waals surface area contributed by atoms with Crippen molar-refractivity contribution >= 4 is 28.5 Å². The Morgan fingerprint density at radius 3 is 2.63 bits per heavy atom. The number of para-hydroxylation sites is 1. The summed E-state index contributed by atoms with van der Waals surface area (Å²) in [5.74, 6) is 2.74. The van der Waals surface area contributed by atoms with Crippen molar-refractivity contribution in [1.82, 2.24) is 4.90 Å². The molecular formula is C20H22N2O4S. The van der Waals surface area contributed by atoms with Crippen LogP contribution >= 0.6 is 11.8 Å². The van der Waals surface area contributed by atoms with Crippen LogP contribution in [0.4, 0.5) is 5.69 Å². The SMILES string of the molecule is COc1ccc(N=C2SCCCN2C(=O)COc2ccccc2)cc1OC. The molecule has 0 saturated carbocycles. The van der Waals surface area contributed by atoms with Crippen LogP contribution in [0.5, 0.6) is 17.2 Å². The highest BCUT2D eigenvalue weighted by molar-refractivity contribution is 8.13. The second-order valence-electron chi connectivity index (χ2n) is 5.78. The van der Waals surface area contributed by atoms with Gasteiger partial charge in [-0.2, -0.15) is 0 Å². The molecule has 0 atom stereocenters. The van der Waals surface area contributed by atoms with Gasteiger partial charge in [-0.05, 0) is 30.7 Å². The van der Waals surface area contributed by atoms with Crippen LogP contribution in [0, 0.1) is 0 Å². The van der Waals surface area contributed by atoms with E-state index in [2.05, 4.69) is 4.99 Å². The molecule has 1 aliphatic rings. The third-order valence-electron chi connectivity index (χ3n) is 3.99. The molecule has 1 amide bonds. The topological polar surface area (TPSA) is 60.4 Å². The Hall–Kier alpha value is -2.67. The van der Waals surface area contributed by atoms with Gasteiger partial charge < -0.3 is 14.2 Å². The fourth-order valence-corrected chi connectivity index (χ4v) is 3.60. The highest BCUT2D eigenvalue weighted by atomic mass is 32.2. The molecule has 6 nitrogen and oxygen atoms in total. The van der Waals surface area contributed by atoms with Gasteiger partial charge >= 0.3 is 0 Å². The van der Waals surface area contributed by atoms with Gasteiger partial charge in [0.2, 0.25) is 0 Å². The number of amidine groups is 1. The van der Waals surface area contributed by atoms with Crippen LogP contribution in [0.15, 0.2) is 53.5 Å². The first kappa shape index (κ1) is 19.1. The number of carbonyl (C=O) groups is 1. The van der Waals surface area contributed by atoms with Crippen molar-refractivity contribution in [1.29, 1.82) is 0 Å². The minimum atomic E-state index is -0.106. The smallest absolute Gasteiger partial charge is 0.266 e. The number of hydrogen-bond donors (Lipinski definition) is 0. The fourth-order valence-electron chi connectivity index (χ4n) is 2.63. The largest absolute Gasteiger partial charge is 0.493 e. The first-order valence-electron chi connectivity index (χ1n) is 8.63. The van der Waals surface area contributed by atoms with Crippen molar-refractivity contribution in [2.75, 3.05) is 33.1 Å². The van der Waals surface area contributed by atoms with Gasteiger partial charge in [0, 0.05) is 18.4 Å². The van der Waals surface area contributed by atoms with Crippen molar-refractivity contribution in [3.05, 3.63) is 48.5 Å². The van der Waals surface area contributed by atoms with E-state index in [9.17, 15) is 4.79 Å². The van der Waals surface area contributed by atoms with E-state index >= 15 is 0 Å². The van der Waals surface area contributed by atoms with E-state index in [1.807, 2.05) is 36.4 Å². The molecule has 27 heavy (non-hydrogen) atoms. The Morgan fingerprint density at radius 2 is 1.89 bits per heavy atom. The van der Waals surface area contributed by atoms with Gasteiger partial charge in [-0.1, -0.05) is 30.0 Å². The minimum Gasteiger partial charge on any atom is -0.493 e. The Bertz CT molecular complexity index is 811. The lowest BCUT2D eigenvalue weighted by molar-refractivity contribution is -0.129. The standard InChI is InChI=1S/C20H22N2O4S/c1-24-17-10-9-15(13-18(17)25-2)21-20-22(11-6-12-27-20)19(23)14-26-16-7-4-3-5-8-16/h3-5,7-10,13H,6,11-12,14H2,1-2H3. The molecule has 2 aromatic carbocycles. The van der Waals surface area contributed by atoms with Gasteiger partial charge in [-0.25, -0.2) is 4.99 Å². The number of thioether (sulfide) groups is 1. The number of methoxy groups -OCH3 is 2. The molecule has 2 aromatic rings. The van der Waals surface area contributed by atoms with Crippen LogP contribution < -0.4 is 14.2 Å². The van der Waals surface area contributed by atoms with E-state index in [1.165, 1.54) is 0 Å². The van der Waals surface area contributed by atoms with E-state index < -0.39 is 0 Å². The molecule has 1 saturated heterocycles. The number of rotatable bonds is 6. The number of benzene rings is 2. The summed E-state index contributed by atoms with van der Waals surface area (Å²) in [6, 6.07) is 14.8. The lowest BCUT2D eigenvalue weighted by Crippen LogP contribution is -2.41. The lowest BCUT2D eigenvalue weighted by atomic mass is 10.3. The van der Waals surface area contributed by atoms with Crippen molar-refractivity contribution < 1.29 is 19.0 Å². The average Bonchev–Trinajstić information content (AvgIpc) is 2.73. The average molecular weight is 386 g/mol. The van der Waals surface area contributed by atoms with E-state index in [0.29, 0.717) is 34.6 Å². The molecule has 0 aliphatic carbocycles. The monoisotopic (exact) mass is 386 g/mol. The Morgan fingerprint density at radius 1 is 1.11 bits per heavy atom. The first-order valence-corrected chi connectivity index (χ1v) is 9.61. The van der Waals surface area contributed by atoms with Crippen LogP contribution in [-0.4, -0.2) is 49.1 Å². The second-order valence-corrected chi connectivity index (χ2v) is 6.84. The van der Waals surface area contributed by atoms with Crippen LogP contribution in [0.3, 0.4) is 0 Å². The number of amides is 1. The van der Waals surface area contributed by atoms with Gasteiger partial charge in [0.15, 0.2) is 23.3 Å². The summed E-state index contributed by atoms with van der Waals surface area (Å²) in [7, 11) is 3.18. The van der Waals surface area contributed by atoms with Crippen LogP contribution in [-0.2, 0) is 4.79 Å². The first-order chi connectivity index (χ1) is 13.2. The summed E-state index contributed by atoms with van der Waals surface area (Å²) in [6.45, 7) is 0.617. The number of aliphatic imine (C=N–C) groups is 1. The van der Waals surface area contributed by atoms with Crippen molar-refractivity contribution in [3.63, 3.8) is 0 Å². The molecular weight excluding hydrogens is 364 g/mol. The Balaban J connectivity index is 1.74. The third kappa shape index (κ3) is 4.95. The van der Waals surface area contributed by atoms with Crippen molar-refractivity contribution in [3.8, 4) is 17.2 Å². The minimum absolute atomic E-state index is 0.0183. The summed E-state index contributed by atoms with van der Waals surface area (Å²) in [5, 5.41) is 0.676. The summed E-state index contributed by atoms with van der Waals surface area (Å²) >= 11 is 1.57. The van der Waals surface area contributed by atoms with Gasteiger partial charge in [0.1, 0.15) is 5.75 Å². The van der Waals surface area contributed by atoms with Crippen LogP contribution in [0.25, 0.3) is 0 Å². The molecule has 1 fully saturated rings. The molecule has 0 radical (unpaired) electrons. The maximum Gasteiger partial charge on any atom is 0.266 e. The number of nitrogens with zero attached hydrogens (tertiary/aromatic N) is 2. The normalized spacial score (nSPS) is 15.5. The lowest BCUT2D eigenvalue weighted by Gasteiger charge is -2.27. The van der Waals surface area contributed by atoms with Crippen molar-refractivity contribution in [2.45, 2.75) is 6.42 Å². The fraction of sp³-hybridized carbons (Fsp3) is 0.300. The molecule has 0 spiro atoms. The molecule has 1 aliphatic heterocycles. The Kier molecular flexibility index (Phi) is 6.59. The second kappa shape index (κ2) is 9.32. The van der Waals surface area contributed by atoms with Crippen molar-refractivity contribution in [2.24, 2.45) is 4.99 Å². The van der Waals surface area contributed by atoms with Crippen LogP contribution in [0.2, 0.25) is 0 Å². The third-order valence-corrected chi connectivity index (χ3v) is 5.05. The summed E-state index contributed by atoms with van der Waals surface area (Å²) in [6.07, 6.45) is 0.923. The maximum atomic E-state index is 12.7. The summed E-state index contributed by atoms with van der Waals surface area (Å²) < 4.78 is 16.2. The van der Waals surface area contributed by atoms with E-state index in [1.54, 1.807) is 43.0 Å². The summed E-state index contributed by atoms with van der Waals surface area (Å²) in [5.41, 5.74) is 0.707. The molecule has 0 bridgehead atoms. The van der Waals surface area contributed by atoms with Gasteiger partial charge in [0.25, 0.3) is 5.91 Å². The number of ether oxygens (including phenoxy) is 3. The van der Waals surface area contributed by atoms with Crippen LogP contribution in [0.1, 0.15) is 6.42 Å². The Labute approximate surface area is 163 Å². The summed E-state index contributed by atoms with van der Waals surface area (Å²) in [4.78, 5) is 19.0. The predicted molar refractivity (Wildman–Crippen MR) is 107 cm³/mol. The molecule has 0 aromatic heterocycles. The van der Waals surface area contributed by atoms with Gasteiger partial charge in [0.05, 0.1) is 19.9 Å². The molecule has 0 unspecified atom stereocenters. The predicted octanol–water partition coefficient (Wildman–Crippen LogP) is 3.74. The highest BCUT2D eigenvalue weighted by Crippen LogP contribution is 2.32. The molecule has 0 N–H and O–H groups in total. The van der Waals surface area contributed by atoms with Gasteiger partial charge in [-0.3, -0.25) is 9.69 Å². The molecule has 142 valence electrons. The number of carbonyl (C=O) groups excluding carboxylic acids is 1. The maximum absolute atomic E-state index is 12.7. The zero-order chi connectivity index (χ0) is 19.1. The quantitative estimate of drug-likeness (QED) is 0.757.